The largest absolute Gasteiger partial charge is 0.395 e. The molecule has 1 heterocycles. The fourth-order valence-electron chi connectivity index (χ4n) is 8.37. The van der Waals surface area contributed by atoms with E-state index >= 15 is 0 Å². The number of ether oxygens (including phenoxy) is 1. The van der Waals surface area contributed by atoms with E-state index in [4.69, 9.17) is 4.74 Å². The lowest BCUT2D eigenvalue weighted by Gasteiger charge is -2.62. The number of aliphatic hydroxyl groups excluding tert-OH is 2. The average Bonchev–Trinajstić information content (AvgIpc) is 3.09. The molecule has 0 amide bonds. The van der Waals surface area contributed by atoms with Crippen LogP contribution in [0, 0.1) is 34.0 Å². The summed E-state index contributed by atoms with van der Waals surface area (Å²) >= 11 is 0. The highest BCUT2D eigenvalue weighted by Crippen LogP contribution is 2.66. The molecule has 3 saturated carbocycles. The van der Waals surface area contributed by atoms with Crippen molar-refractivity contribution in [3.63, 3.8) is 0 Å². The lowest BCUT2D eigenvalue weighted by atomic mass is 9.42. The maximum absolute atomic E-state index is 14.1. The Morgan fingerprint density at radius 2 is 2.00 bits per heavy atom. The molecule has 5 heteroatoms. The lowest BCUT2D eigenvalue weighted by Crippen LogP contribution is -2.65. The highest BCUT2D eigenvalue weighted by Gasteiger charge is 2.69. The number of carbonyl (C=O) groups excluding carboxylic acids is 2. The molecule has 5 nitrogen and oxygen atoms in total. The predicted molar refractivity (Wildman–Crippen MR) is 116 cm³/mol. The van der Waals surface area contributed by atoms with Crippen LogP contribution in [-0.2, 0) is 14.3 Å². The zero-order valence-electron chi connectivity index (χ0n) is 19.0. The molecule has 0 aromatic rings. The van der Waals surface area contributed by atoms with Gasteiger partial charge in [0, 0.05) is 16.7 Å². The number of hydrogen-bond acceptors (Lipinski definition) is 5. The Labute approximate surface area is 184 Å². The van der Waals surface area contributed by atoms with Crippen LogP contribution in [0.2, 0.25) is 0 Å². The van der Waals surface area contributed by atoms with Crippen LogP contribution < -0.4 is 0 Å². The van der Waals surface area contributed by atoms with Crippen molar-refractivity contribution in [2.45, 2.75) is 84.0 Å². The van der Waals surface area contributed by atoms with E-state index in [1.807, 2.05) is 13.0 Å². The lowest BCUT2D eigenvalue weighted by molar-refractivity contribution is -0.187. The van der Waals surface area contributed by atoms with Gasteiger partial charge in [-0.05, 0) is 62.5 Å². The molecule has 5 rings (SSSR count). The van der Waals surface area contributed by atoms with Crippen LogP contribution in [0.3, 0.4) is 0 Å². The van der Waals surface area contributed by atoms with Crippen molar-refractivity contribution in [2.75, 3.05) is 6.61 Å². The first kappa shape index (κ1) is 21.5. The van der Waals surface area contributed by atoms with Gasteiger partial charge in [-0.15, -0.1) is 0 Å². The monoisotopic (exact) mass is 428 g/mol. The molecule has 5 aliphatic rings. The van der Waals surface area contributed by atoms with Gasteiger partial charge in [-0.2, -0.15) is 0 Å². The molecule has 0 bridgehead atoms. The standard InChI is InChI=1S/C26H36O5/c1-4-5-17-12-26(14-27)21(31-17)11-19-18-7-6-15-10-16(28)8-9-24(15,2)22(18)20(29)13-25(19,3)23(26)30/h8-10,17-22,27,29H,4-7,11-14H2,1-3H3/t17?,18-,19-,20-,21+,22+,24-,25-,26-/m0/s1. The summed E-state index contributed by atoms with van der Waals surface area (Å²) in [7, 11) is 0. The quantitative estimate of drug-likeness (QED) is 0.720. The normalized spacial score (nSPS) is 50.9. The van der Waals surface area contributed by atoms with Crippen molar-refractivity contribution in [1.82, 2.24) is 0 Å². The Kier molecular flexibility index (Phi) is 4.93. The second-order valence-electron chi connectivity index (χ2n) is 11.3. The second kappa shape index (κ2) is 7.10. The van der Waals surface area contributed by atoms with Crippen LogP contribution in [0.5, 0.6) is 0 Å². The van der Waals surface area contributed by atoms with Gasteiger partial charge < -0.3 is 14.9 Å². The van der Waals surface area contributed by atoms with Crippen molar-refractivity contribution in [3.8, 4) is 0 Å². The zero-order chi connectivity index (χ0) is 22.2. The molecular formula is C26H36O5. The van der Waals surface area contributed by atoms with Crippen LogP contribution >= 0.6 is 0 Å². The summed E-state index contributed by atoms with van der Waals surface area (Å²) in [6.07, 6.45) is 10.0. The average molecular weight is 429 g/mol. The molecule has 4 fully saturated rings. The third kappa shape index (κ3) is 2.79. The van der Waals surface area contributed by atoms with Crippen LogP contribution in [0.1, 0.15) is 65.7 Å². The van der Waals surface area contributed by atoms with Gasteiger partial charge in [0.15, 0.2) is 5.78 Å². The molecule has 170 valence electrons. The second-order valence-corrected chi connectivity index (χ2v) is 11.3. The molecule has 9 atom stereocenters. The SMILES string of the molecule is CCCC1C[C@@]2(CO)C(=O)[C@@]3(C)C[C@H](O)[C@H]4[C@@H](CCC5=CC(=O)C=C[C@@]54C)[C@@H]3C[C@H]2O1. The van der Waals surface area contributed by atoms with Gasteiger partial charge in [0.1, 0.15) is 5.78 Å². The fraction of sp³-hybridized carbons (Fsp3) is 0.769. The Morgan fingerprint density at radius 3 is 2.71 bits per heavy atom. The molecule has 2 N–H and O–H groups in total. The van der Waals surface area contributed by atoms with Crippen LogP contribution in [-0.4, -0.2) is 46.7 Å². The fourth-order valence-corrected chi connectivity index (χ4v) is 8.37. The van der Waals surface area contributed by atoms with E-state index in [0.29, 0.717) is 12.8 Å². The van der Waals surface area contributed by atoms with Gasteiger partial charge >= 0.3 is 0 Å². The van der Waals surface area contributed by atoms with Crippen LogP contribution in [0.4, 0.5) is 0 Å². The van der Waals surface area contributed by atoms with E-state index in [2.05, 4.69) is 13.8 Å². The third-order valence-electron chi connectivity index (χ3n) is 9.78. The number of aliphatic hydroxyl groups is 2. The smallest absolute Gasteiger partial charge is 0.178 e. The summed E-state index contributed by atoms with van der Waals surface area (Å²) in [5, 5.41) is 21.9. The van der Waals surface area contributed by atoms with E-state index in [1.54, 1.807) is 12.2 Å². The molecule has 1 aliphatic heterocycles. The first-order valence-electron chi connectivity index (χ1n) is 12.1. The predicted octanol–water partition coefficient (Wildman–Crippen LogP) is 3.38. The van der Waals surface area contributed by atoms with Crippen molar-refractivity contribution in [2.24, 2.45) is 34.0 Å². The Balaban J connectivity index is 1.53. The number of allylic oxidation sites excluding steroid dienone is 4. The number of hydrogen-bond donors (Lipinski definition) is 2. The van der Waals surface area contributed by atoms with Crippen LogP contribution in [0.25, 0.3) is 0 Å². The maximum Gasteiger partial charge on any atom is 0.178 e. The highest BCUT2D eigenvalue weighted by molar-refractivity contribution is 6.01. The summed E-state index contributed by atoms with van der Waals surface area (Å²) < 4.78 is 6.40. The molecule has 0 spiro atoms. The topological polar surface area (TPSA) is 83.8 Å². The molecule has 0 aromatic carbocycles. The summed E-state index contributed by atoms with van der Waals surface area (Å²) in [5.74, 6) is 0.465. The van der Waals surface area contributed by atoms with Gasteiger partial charge in [-0.3, -0.25) is 9.59 Å². The molecule has 4 aliphatic carbocycles. The summed E-state index contributed by atoms with van der Waals surface area (Å²) in [4.78, 5) is 26.1. The maximum atomic E-state index is 14.1. The summed E-state index contributed by atoms with van der Waals surface area (Å²) in [5.41, 5.74) is -0.682. The Morgan fingerprint density at radius 1 is 1.23 bits per heavy atom. The summed E-state index contributed by atoms with van der Waals surface area (Å²) in [6, 6.07) is 0. The minimum atomic E-state index is -0.821. The minimum Gasteiger partial charge on any atom is -0.395 e. The van der Waals surface area contributed by atoms with E-state index in [0.717, 1.165) is 37.7 Å². The van der Waals surface area contributed by atoms with Gasteiger partial charge in [0.2, 0.25) is 0 Å². The number of rotatable bonds is 3. The zero-order valence-corrected chi connectivity index (χ0v) is 19.0. The number of Topliss-reactive ketones (excluding diaryl/α,β-unsaturated/α-hetero) is 1. The van der Waals surface area contributed by atoms with Gasteiger partial charge in [0.25, 0.3) is 0 Å². The van der Waals surface area contributed by atoms with Crippen molar-refractivity contribution < 1.29 is 24.5 Å². The van der Waals surface area contributed by atoms with E-state index < -0.39 is 16.9 Å². The number of ketones is 2. The van der Waals surface area contributed by atoms with Gasteiger partial charge in [-0.1, -0.05) is 38.8 Å². The Hall–Kier alpha value is -1.30. The summed E-state index contributed by atoms with van der Waals surface area (Å²) in [6.45, 7) is 6.14. The highest BCUT2D eigenvalue weighted by atomic mass is 16.5. The number of carbonyl (C=O) groups is 2. The molecule has 1 saturated heterocycles. The third-order valence-corrected chi connectivity index (χ3v) is 9.78. The van der Waals surface area contributed by atoms with Crippen LogP contribution in [0.15, 0.2) is 23.8 Å². The molecular weight excluding hydrogens is 392 g/mol. The Bertz CT molecular complexity index is 860. The first-order chi connectivity index (χ1) is 14.7. The van der Waals surface area contributed by atoms with Crippen molar-refractivity contribution in [1.29, 1.82) is 0 Å². The molecule has 0 aromatic heterocycles. The minimum absolute atomic E-state index is 0.00260. The van der Waals surface area contributed by atoms with E-state index in [-0.39, 0.29) is 53.6 Å². The van der Waals surface area contributed by atoms with Crippen molar-refractivity contribution >= 4 is 11.6 Å². The molecule has 1 unspecified atom stereocenters. The number of fused-ring (bicyclic) bond motifs is 6. The van der Waals surface area contributed by atoms with Gasteiger partial charge in [0.05, 0.1) is 30.3 Å². The van der Waals surface area contributed by atoms with Gasteiger partial charge in [-0.25, -0.2) is 0 Å². The first-order valence-corrected chi connectivity index (χ1v) is 12.1. The van der Waals surface area contributed by atoms with Crippen molar-refractivity contribution in [3.05, 3.63) is 23.8 Å². The molecule has 31 heavy (non-hydrogen) atoms. The van der Waals surface area contributed by atoms with E-state index in [1.165, 1.54) is 0 Å². The molecule has 0 radical (unpaired) electrons. The van der Waals surface area contributed by atoms with E-state index in [9.17, 15) is 19.8 Å².